The molecule has 100 heavy (non-hydrogen) atoms. The quantitative estimate of drug-likeness (QED) is 0.149. The number of rotatable bonds is 7. The SMILES string of the molecule is CC(C)(C)c1cc(-c2ccccc2)cc(N2c3cc(-c4cc(C(C)(C)C)cc(C(C)(C)C)c4)ccc3B3c4ccc(-n5c6ccccc6c6cc(C#N)ccc65)cc4N(c4c(-c5ccccc5)cc(C(C)(C)C)cc4-c4cc(C(C)(C)C)nc(C(C)(C)C)c4)c4cc(C(C)(C)C)cc2c43)c1. The third kappa shape index (κ3) is 12.1. The van der Waals surface area contributed by atoms with Gasteiger partial charge < -0.3 is 14.4 Å². The van der Waals surface area contributed by atoms with Gasteiger partial charge in [0.2, 0.25) is 0 Å². The Morgan fingerprint density at radius 1 is 0.320 bits per heavy atom. The summed E-state index contributed by atoms with van der Waals surface area (Å²) in [4.78, 5) is 11.0. The van der Waals surface area contributed by atoms with Crippen LogP contribution in [0.2, 0.25) is 0 Å². The molecule has 6 heteroatoms. The molecule has 2 aliphatic heterocycles. The predicted molar refractivity (Wildman–Crippen MR) is 430 cm³/mol. The number of fused-ring (bicyclic) bond motifs is 7. The Hall–Kier alpha value is -9.70. The average molecular weight is 1310 g/mol. The van der Waals surface area contributed by atoms with Crippen molar-refractivity contribution in [2.24, 2.45) is 0 Å². The molecule has 0 atom stereocenters. The van der Waals surface area contributed by atoms with Gasteiger partial charge in [-0.3, -0.25) is 4.98 Å². The number of nitrogens with zero attached hydrogens (tertiary/aromatic N) is 5. The van der Waals surface area contributed by atoms with Crippen molar-refractivity contribution in [1.82, 2.24) is 9.55 Å². The summed E-state index contributed by atoms with van der Waals surface area (Å²) in [5.74, 6) is 0. The van der Waals surface area contributed by atoms with Gasteiger partial charge in [0.15, 0.2) is 0 Å². The van der Waals surface area contributed by atoms with E-state index in [2.05, 4.69) is 372 Å². The number of nitriles is 1. The standard InChI is InChI=1S/C94H98BN5/c1-88(2,3)65-43-62(44-66(50-65)89(4,5)6)61-37-39-76-80(47-61)99(71-46-63(59-30-24-22-25-31-59)45-67(51-71)90(7,8)9)82-54-69(92(13,14)15)55-83-86(82)95(76)77-40-38-70(98-78-35-29-28-34-72(78)75-42-58(57-96)36-41-79(75)98)56-81(77)100(83)87-73(60-32-26-23-27-33-60)52-68(91(10,11)12)53-74(87)64-48-84(93(16,17)18)97-85(49-64)94(19,20)21/h22-56H,1-21H3. The van der Waals surface area contributed by atoms with Gasteiger partial charge in [-0.2, -0.15) is 5.26 Å². The van der Waals surface area contributed by atoms with E-state index in [4.69, 9.17) is 4.98 Å². The molecule has 10 aromatic carbocycles. The van der Waals surface area contributed by atoms with Crippen LogP contribution in [-0.4, -0.2) is 16.3 Å². The number of pyridine rings is 1. The van der Waals surface area contributed by atoms with Crippen molar-refractivity contribution < 1.29 is 0 Å². The number of aromatic nitrogens is 2. The highest BCUT2D eigenvalue weighted by Crippen LogP contribution is 2.54. The van der Waals surface area contributed by atoms with Crippen LogP contribution >= 0.6 is 0 Å². The van der Waals surface area contributed by atoms with E-state index in [1.807, 2.05) is 6.07 Å². The van der Waals surface area contributed by atoms with E-state index in [0.717, 1.165) is 89.6 Å². The fraction of sp³-hybridized carbons (Fsp3) is 0.298. The Morgan fingerprint density at radius 3 is 1.35 bits per heavy atom. The number of hydrogen-bond acceptors (Lipinski definition) is 4. The molecule has 0 radical (unpaired) electrons. The van der Waals surface area contributed by atoms with Crippen LogP contribution in [0.1, 0.15) is 190 Å². The summed E-state index contributed by atoms with van der Waals surface area (Å²) in [7, 11) is 0. The Bertz CT molecular complexity index is 5230. The molecule has 0 spiro atoms. The normalized spacial score (nSPS) is 13.6. The summed E-state index contributed by atoms with van der Waals surface area (Å²) in [6.45, 7) is 48.9. The van der Waals surface area contributed by atoms with Gasteiger partial charge in [0.05, 0.1) is 28.4 Å². The third-order valence-corrected chi connectivity index (χ3v) is 21.1. The van der Waals surface area contributed by atoms with Crippen LogP contribution < -0.4 is 26.2 Å². The van der Waals surface area contributed by atoms with Crippen LogP contribution in [0.25, 0.3) is 72.0 Å². The second-order valence-corrected chi connectivity index (χ2v) is 35.8. The maximum Gasteiger partial charge on any atom is 0.252 e. The monoisotopic (exact) mass is 1310 g/mol. The molecule has 0 unspecified atom stereocenters. The van der Waals surface area contributed by atoms with Crippen LogP contribution in [0, 0.1) is 11.3 Å². The van der Waals surface area contributed by atoms with Crippen molar-refractivity contribution in [3.05, 3.63) is 257 Å². The van der Waals surface area contributed by atoms with Gasteiger partial charge in [0, 0.05) is 78.2 Å². The van der Waals surface area contributed by atoms with Crippen molar-refractivity contribution in [3.63, 3.8) is 0 Å². The fourth-order valence-electron chi connectivity index (χ4n) is 15.0. The van der Waals surface area contributed by atoms with Crippen LogP contribution in [0.15, 0.2) is 212 Å². The highest BCUT2D eigenvalue weighted by Gasteiger charge is 2.46. The maximum absolute atomic E-state index is 10.4. The van der Waals surface area contributed by atoms with Gasteiger partial charge >= 0.3 is 0 Å². The van der Waals surface area contributed by atoms with Crippen molar-refractivity contribution in [1.29, 1.82) is 5.26 Å². The smallest absolute Gasteiger partial charge is 0.252 e. The van der Waals surface area contributed by atoms with Gasteiger partial charge in [0.1, 0.15) is 0 Å². The summed E-state index contributed by atoms with van der Waals surface area (Å²) in [6.07, 6.45) is 0. The van der Waals surface area contributed by atoms with E-state index >= 15 is 0 Å². The zero-order valence-corrected chi connectivity index (χ0v) is 63.0. The zero-order valence-electron chi connectivity index (χ0n) is 63.0. The molecule has 0 bridgehead atoms. The van der Waals surface area contributed by atoms with Gasteiger partial charge in [-0.05, 0) is 196 Å². The first-order valence-corrected chi connectivity index (χ1v) is 36.1. The first kappa shape index (κ1) is 67.5. The van der Waals surface area contributed by atoms with Gasteiger partial charge in [-0.1, -0.05) is 267 Å². The van der Waals surface area contributed by atoms with Gasteiger partial charge in [-0.15, -0.1) is 0 Å². The Labute approximate surface area is 596 Å². The minimum atomic E-state index is -0.317. The van der Waals surface area contributed by atoms with Crippen LogP contribution in [0.5, 0.6) is 0 Å². The van der Waals surface area contributed by atoms with Crippen molar-refractivity contribution in [3.8, 4) is 56.3 Å². The average Bonchev–Trinajstić information content (AvgIpc) is 0.708. The molecule has 0 saturated heterocycles. The molecule has 0 saturated carbocycles. The summed E-state index contributed by atoms with van der Waals surface area (Å²) in [5, 5.41) is 12.6. The van der Waals surface area contributed by atoms with E-state index in [9.17, 15) is 5.26 Å². The van der Waals surface area contributed by atoms with Crippen LogP contribution in [0.4, 0.5) is 34.1 Å². The van der Waals surface area contributed by atoms with E-state index < -0.39 is 0 Å². The minimum Gasteiger partial charge on any atom is -0.311 e. The molecular formula is C94H98BN5. The minimum absolute atomic E-state index is 0.0833. The molecule has 0 aliphatic carbocycles. The Morgan fingerprint density at radius 2 is 0.790 bits per heavy atom. The molecule has 5 nitrogen and oxygen atoms in total. The lowest BCUT2D eigenvalue weighted by molar-refractivity contribution is 0.531. The van der Waals surface area contributed by atoms with Crippen molar-refractivity contribution in [2.45, 2.75) is 183 Å². The molecule has 2 aromatic heterocycles. The second-order valence-electron chi connectivity index (χ2n) is 35.8. The summed E-state index contributed by atoms with van der Waals surface area (Å²) in [6, 6.07) is 84.0. The molecule has 12 aromatic rings. The first-order valence-electron chi connectivity index (χ1n) is 36.1. The molecule has 502 valence electrons. The topological polar surface area (TPSA) is 48.1 Å². The first-order chi connectivity index (χ1) is 46.9. The molecular weight excluding hydrogens is 1210 g/mol. The van der Waals surface area contributed by atoms with E-state index in [-0.39, 0.29) is 44.6 Å². The number of anilines is 6. The predicted octanol–water partition coefficient (Wildman–Crippen LogP) is 23.9. The molecule has 0 fully saturated rings. The molecule has 0 amide bonds. The molecule has 2 aliphatic rings. The van der Waals surface area contributed by atoms with Crippen LogP contribution in [0.3, 0.4) is 0 Å². The van der Waals surface area contributed by atoms with Crippen molar-refractivity contribution >= 4 is 79.0 Å². The van der Waals surface area contributed by atoms with E-state index in [0.29, 0.717) is 5.56 Å². The molecule has 4 heterocycles. The number of hydrogen-bond donors (Lipinski definition) is 0. The van der Waals surface area contributed by atoms with Gasteiger partial charge in [-0.25, -0.2) is 0 Å². The van der Waals surface area contributed by atoms with Crippen LogP contribution in [-0.2, 0) is 37.9 Å². The van der Waals surface area contributed by atoms with E-state index in [1.54, 1.807) is 0 Å². The fourth-order valence-corrected chi connectivity index (χ4v) is 15.0. The Balaban J connectivity index is 1.19. The lowest BCUT2D eigenvalue weighted by atomic mass is 9.33. The largest absolute Gasteiger partial charge is 0.311 e. The van der Waals surface area contributed by atoms with Gasteiger partial charge in [0.25, 0.3) is 6.71 Å². The maximum atomic E-state index is 10.4. The highest BCUT2D eigenvalue weighted by atomic mass is 15.2. The molecule has 14 rings (SSSR count). The zero-order chi connectivity index (χ0) is 71.3. The summed E-state index contributed by atoms with van der Waals surface area (Å²) in [5.41, 5.74) is 30.7. The third-order valence-electron chi connectivity index (χ3n) is 21.1. The van der Waals surface area contributed by atoms with E-state index in [1.165, 1.54) is 72.1 Å². The second kappa shape index (κ2) is 23.7. The lowest BCUT2D eigenvalue weighted by Crippen LogP contribution is -2.61. The summed E-state index contributed by atoms with van der Waals surface area (Å²) >= 11 is 0. The number of benzene rings is 10. The van der Waals surface area contributed by atoms with Crippen molar-refractivity contribution in [2.75, 3.05) is 9.80 Å². The lowest BCUT2D eigenvalue weighted by Gasteiger charge is -2.46. The highest BCUT2D eigenvalue weighted by molar-refractivity contribution is 7.00. The number of para-hydroxylation sites is 1. The molecule has 0 N–H and O–H groups in total. The summed E-state index contributed by atoms with van der Waals surface area (Å²) < 4.78 is 2.43. The Kier molecular flexibility index (Phi) is 16.0.